The Balaban J connectivity index is 1.40. The van der Waals surface area contributed by atoms with E-state index in [4.69, 9.17) is 4.74 Å². The number of alkyl carbamates (subject to hydrolysis) is 1. The van der Waals surface area contributed by atoms with Gasteiger partial charge in [-0.3, -0.25) is 9.59 Å². The van der Waals surface area contributed by atoms with Crippen LogP contribution < -0.4 is 10.6 Å². The number of ether oxygens (including phenoxy) is 1. The zero-order valence-electron chi connectivity index (χ0n) is 18.4. The molecule has 0 radical (unpaired) electrons. The van der Waals surface area contributed by atoms with Crippen LogP contribution in [0.1, 0.15) is 43.2 Å². The second kappa shape index (κ2) is 9.23. The predicted molar refractivity (Wildman–Crippen MR) is 121 cm³/mol. The maximum absolute atomic E-state index is 12.7. The second-order valence-electron chi connectivity index (χ2n) is 8.87. The highest BCUT2D eigenvalue weighted by Crippen LogP contribution is 2.48. The summed E-state index contributed by atoms with van der Waals surface area (Å²) in [5.41, 5.74) is 3.93. The number of benzene rings is 2. The zero-order chi connectivity index (χ0) is 23.6. The molecule has 2 amide bonds. The number of carbonyl (C=O) groups is 3. The van der Waals surface area contributed by atoms with Crippen molar-refractivity contribution in [3.05, 3.63) is 59.7 Å². The topological polar surface area (TPSA) is 125 Å². The average Bonchev–Trinajstić information content (AvgIpc) is 3.54. The van der Waals surface area contributed by atoms with Gasteiger partial charge in [-0.1, -0.05) is 48.5 Å². The molecule has 4 rings (SSSR count). The van der Waals surface area contributed by atoms with Crippen LogP contribution in [0, 0.1) is 5.41 Å². The Labute approximate surface area is 192 Å². The number of fused-ring (bicyclic) bond motifs is 3. The summed E-state index contributed by atoms with van der Waals surface area (Å²) >= 11 is 0. The van der Waals surface area contributed by atoms with Gasteiger partial charge in [-0.15, -0.1) is 0 Å². The number of aliphatic carboxylic acids is 1. The molecule has 0 saturated heterocycles. The molecule has 2 unspecified atom stereocenters. The lowest BCUT2D eigenvalue weighted by molar-refractivity contribution is -0.140. The summed E-state index contributed by atoms with van der Waals surface area (Å²) in [6.07, 6.45) is 0.145. The first-order chi connectivity index (χ1) is 15.8. The van der Waals surface area contributed by atoms with Crippen LogP contribution in [0.3, 0.4) is 0 Å². The molecule has 0 bridgehead atoms. The molecule has 2 aliphatic carbocycles. The van der Waals surface area contributed by atoms with E-state index in [2.05, 4.69) is 10.6 Å². The van der Waals surface area contributed by atoms with Crippen molar-refractivity contribution < 1.29 is 29.3 Å². The number of amides is 2. The lowest BCUT2D eigenvalue weighted by Gasteiger charge is -2.25. The van der Waals surface area contributed by atoms with Crippen LogP contribution in [0.15, 0.2) is 48.5 Å². The molecular weight excluding hydrogens is 424 g/mol. The molecule has 1 fully saturated rings. The fourth-order valence-corrected chi connectivity index (χ4v) is 4.52. The van der Waals surface area contributed by atoms with Crippen LogP contribution in [0.2, 0.25) is 0 Å². The Hall–Kier alpha value is -3.39. The Morgan fingerprint density at radius 2 is 1.61 bits per heavy atom. The second-order valence-corrected chi connectivity index (χ2v) is 8.87. The highest BCUT2D eigenvalue weighted by atomic mass is 16.5. The summed E-state index contributed by atoms with van der Waals surface area (Å²) in [7, 11) is 0. The number of carboxylic acid groups (broad SMARTS) is 1. The van der Waals surface area contributed by atoms with E-state index in [9.17, 15) is 24.6 Å². The number of hydrogen-bond acceptors (Lipinski definition) is 5. The summed E-state index contributed by atoms with van der Waals surface area (Å²) < 4.78 is 5.44. The molecule has 0 heterocycles. The highest BCUT2D eigenvalue weighted by Gasteiger charge is 2.47. The van der Waals surface area contributed by atoms with Gasteiger partial charge in [0.2, 0.25) is 5.91 Å². The molecule has 2 aromatic rings. The Kier molecular flexibility index (Phi) is 6.37. The van der Waals surface area contributed by atoms with Crippen molar-refractivity contribution in [3.63, 3.8) is 0 Å². The molecule has 8 nitrogen and oxygen atoms in total. The summed E-state index contributed by atoms with van der Waals surface area (Å²) in [4.78, 5) is 36.5. The minimum absolute atomic E-state index is 0.0577. The number of aliphatic hydroxyl groups excluding tert-OH is 1. The van der Waals surface area contributed by atoms with Crippen molar-refractivity contribution in [1.29, 1.82) is 0 Å². The monoisotopic (exact) mass is 452 g/mol. The van der Waals surface area contributed by atoms with Crippen molar-refractivity contribution in [3.8, 4) is 11.1 Å². The number of carboxylic acids is 1. The van der Waals surface area contributed by atoms with E-state index < -0.39 is 30.4 Å². The molecule has 4 N–H and O–H groups in total. The summed E-state index contributed by atoms with van der Waals surface area (Å²) in [6, 6.07) is 14.2. The minimum atomic E-state index is -1.28. The van der Waals surface area contributed by atoms with E-state index in [0.29, 0.717) is 0 Å². The van der Waals surface area contributed by atoms with Gasteiger partial charge in [-0.2, -0.15) is 0 Å². The highest BCUT2D eigenvalue weighted by molar-refractivity contribution is 5.89. The van der Waals surface area contributed by atoms with Crippen LogP contribution in [0.25, 0.3) is 11.1 Å². The molecule has 2 aliphatic rings. The van der Waals surface area contributed by atoms with Gasteiger partial charge in [-0.25, -0.2) is 4.79 Å². The Morgan fingerprint density at radius 1 is 1.03 bits per heavy atom. The lowest BCUT2D eigenvalue weighted by atomic mass is 9.98. The molecule has 1 saturated carbocycles. The number of aliphatic hydroxyl groups is 1. The van der Waals surface area contributed by atoms with Crippen LogP contribution in [-0.2, 0) is 14.3 Å². The Bertz CT molecular complexity index is 1020. The van der Waals surface area contributed by atoms with Gasteiger partial charge in [0, 0.05) is 17.4 Å². The van der Waals surface area contributed by atoms with E-state index in [1.54, 1.807) is 6.92 Å². The maximum Gasteiger partial charge on any atom is 0.407 e. The molecule has 0 aromatic heterocycles. The average molecular weight is 453 g/mol. The van der Waals surface area contributed by atoms with Crippen molar-refractivity contribution in [2.75, 3.05) is 13.2 Å². The minimum Gasteiger partial charge on any atom is -0.481 e. The van der Waals surface area contributed by atoms with Gasteiger partial charge in [0.1, 0.15) is 12.6 Å². The lowest BCUT2D eigenvalue weighted by Crippen LogP contribution is -2.52. The van der Waals surface area contributed by atoms with E-state index >= 15 is 0 Å². The van der Waals surface area contributed by atoms with Crippen LogP contribution in [0.5, 0.6) is 0 Å². The van der Waals surface area contributed by atoms with E-state index in [-0.39, 0.29) is 30.6 Å². The van der Waals surface area contributed by atoms with Gasteiger partial charge < -0.3 is 25.6 Å². The fourth-order valence-electron chi connectivity index (χ4n) is 4.52. The molecule has 0 aliphatic heterocycles. The number of hydrogen-bond donors (Lipinski definition) is 4. The number of carbonyl (C=O) groups excluding carboxylic acids is 2. The molecule has 174 valence electrons. The molecule has 0 spiro atoms. The van der Waals surface area contributed by atoms with E-state index in [1.165, 1.54) is 0 Å². The Morgan fingerprint density at radius 3 is 2.12 bits per heavy atom. The molecule has 2 atom stereocenters. The van der Waals surface area contributed by atoms with E-state index in [1.807, 2.05) is 48.5 Å². The van der Waals surface area contributed by atoms with E-state index in [0.717, 1.165) is 35.1 Å². The molecular formula is C25H28N2O6. The van der Waals surface area contributed by atoms with Crippen molar-refractivity contribution in [2.24, 2.45) is 5.41 Å². The molecule has 2 aromatic carbocycles. The largest absolute Gasteiger partial charge is 0.481 e. The van der Waals surface area contributed by atoms with Gasteiger partial charge in [0.25, 0.3) is 0 Å². The summed E-state index contributed by atoms with van der Waals surface area (Å²) in [5, 5.41) is 23.9. The number of nitrogens with one attached hydrogen (secondary N) is 2. The molecule has 8 heteroatoms. The SMILES string of the molecule is CC(NC(=O)C(CC(=O)O)NC(=O)OCC1c2ccccc2-c2ccccc21)C1(CO)CC1. The third-order valence-corrected chi connectivity index (χ3v) is 6.82. The summed E-state index contributed by atoms with van der Waals surface area (Å²) in [5.74, 6) is -1.97. The summed E-state index contributed by atoms with van der Waals surface area (Å²) in [6.45, 7) is 1.77. The zero-order valence-corrected chi connectivity index (χ0v) is 18.4. The predicted octanol–water partition coefficient (Wildman–Crippen LogP) is 2.65. The maximum atomic E-state index is 12.7. The smallest absolute Gasteiger partial charge is 0.407 e. The first kappa shape index (κ1) is 22.8. The van der Waals surface area contributed by atoms with Crippen molar-refractivity contribution in [2.45, 2.75) is 44.2 Å². The first-order valence-electron chi connectivity index (χ1n) is 11.1. The normalized spacial score (nSPS) is 17.3. The molecule has 33 heavy (non-hydrogen) atoms. The quantitative estimate of drug-likeness (QED) is 0.464. The third kappa shape index (κ3) is 4.71. The van der Waals surface area contributed by atoms with Crippen LogP contribution >= 0.6 is 0 Å². The standard InChI is InChI=1S/C25H28N2O6/c1-15(25(14-28)10-11-25)26-23(31)21(12-22(29)30)27-24(32)33-13-20-18-8-4-2-6-16(18)17-7-3-5-9-19(17)20/h2-9,15,20-21,28H,10-14H2,1H3,(H,26,31)(H,27,32)(H,29,30). The van der Waals surface area contributed by atoms with Gasteiger partial charge in [-0.05, 0) is 42.0 Å². The fraction of sp³-hybridized carbons (Fsp3) is 0.400. The van der Waals surface area contributed by atoms with Crippen molar-refractivity contribution >= 4 is 18.0 Å². The third-order valence-electron chi connectivity index (χ3n) is 6.82. The van der Waals surface area contributed by atoms with Gasteiger partial charge in [0.05, 0.1) is 13.0 Å². The van der Waals surface area contributed by atoms with Crippen molar-refractivity contribution in [1.82, 2.24) is 10.6 Å². The van der Waals surface area contributed by atoms with Crippen LogP contribution in [-0.4, -0.2) is 53.5 Å². The first-order valence-corrected chi connectivity index (χ1v) is 11.1. The van der Waals surface area contributed by atoms with Crippen LogP contribution in [0.4, 0.5) is 4.79 Å². The van der Waals surface area contributed by atoms with Gasteiger partial charge in [0.15, 0.2) is 0 Å². The number of rotatable bonds is 9. The van der Waals surface area contributed by atoms with Gasteiger partial charge >= 0.3 is 12.1 Å².